The zero-order valence-corrected chi connectivity index (χ0v) is 4.80. The minimum Gasteiger partial charge on any atom is -0.449 e. The van der Waals surface area contributed by atoms with Crippen LogP contribution in [0.15, 0.2) is 12.5 Å². The summed E-state index contributed by atoms with van der Waals surface area (Å²) in [6.07, 6.45) is -0.159. The van der Waals surface area contributed by atoms with Crippen LogP contribution < -0.4 is 0 Å². The summed E-state index contributed by atoms with van der Waals surface area (Å²) >= 11 is 0. The third-order valence-electron chi connectivity index (χ3n) is 0.425. The second-order valence-corrected chi connectivity index (χ2v) is 1.12. The van der Waals surface area contributed by atoms with E-state index in [4.69, 9.17) is 15.3 Å². The van der Waals surface area contributed by atoms with Crippen LogP contribution in [-0.4, -0.2) is 28.0 Å². The van der Waals surface area contributed by atoms with Gasteiger partial charge in [-0.2, -0.15) is 0 Å². The molecule has 0 bridgehead atoms. The lowest BCUT2D eigenvalue weighted by molar-refractivity contribution is -0.204. The van der Waals surface area contributed by atoms with Crippen molar-refractivity contribution in [3.8, 4) is 0 Å². The summed E-state index contributed by atoms with van der Waals surface area (Å²) in [7, 11) is 0. The van der Waals surface area contributed by atoms with Gasteiger partial charge in [-0.05, 0) is 0 Å². The number of hydrogen-bond acceptors (Lipinski definition) is 5. The van der Waals surface area contributed by atoms with Gasteiger partial charge in [0.2, 0.25) is 0 Å². The molecule has 3 N–H and O–H groups in total. The first-order chi connectivity index (χ1) is 4.63. The van der Waals surface area contributed by atoms with Gasteiger partial charge in [0.25, 0.3) is 0 Å². The second-order valence-electron chi connectivity index (χ2n) is 1.12. The number of ether oxygens (including phenoxy) is 2. The van der Waals surface area contributed by atoms with Crippen molar-refractivity contribution in [2.24, 2.45) is 0 Å². The van der Waals surface area contributed by atoms with Crippen LogP contribution in [0.1, 0.15) is 0 Å². The van der Waals surface area contributed by atoms with E-state index in [-0.39, 0.29) is 0 Å². The van der Waals surface area contributed by atoms with Crippen molar-refractivity contribution in [3.63, 3.8) is 0 Å². The number of rotatable bonds is 3. The predicted octanol–water partition coefficient (Wildman–Crippen LogP) is -0.563. The average Bonchev–Trinajstić information content (AvgIpc) is 1.79. The van der Waals surface area contributed by atoms with Crippen LogP contribution in [0.2, 0.25) is 0 Å². The maximum Gasteiger partial charge on any atom is 0.510 e. The van der Waals surface area contributed by atoms with Gasteiger partial charge >= 0.3 is 12.6 Å². The molecule has 0 rings (SSSR count). The number of aliphatic hydroxyl groups is 2. The van der Waals surface area contributed by atoms with Crippen LogP contribution in [0, 0.1) is 0 Å². The number of hydrogen-bond donors (Lipinski definition) is 3. The standard InChI is InChI=1S/C4H6O6/c5-3(6)9-1-2-10-4(7)8/h1-3,5-6H,(H,7,8)/b2-1+. The Morgan fingerprint density at radius 1 is 1.40 bits per heavy atom. The Hall–Kier alpha value is -1.27. The van der Waals surface area contributed by atoms with Gasteiger partial charge in [-0.1, -0.05) is 0 Å². The average molecular weight is 150 g/mol. The van der Waals surface area contributed by atoms with Crippen LogP contribution in [0.25, 0.3) is 0 Å². The zero-order chi connectivity index (χ0) is 7.98. The van der Waals surface area contributed by atoms with E-state index >= 15 is 0 Å². The first-order valence-corrected chi connectivity index (χ1v) is 2.19. The highest BCUT2D eigenvalue weighted by Gasteiger charge is 1.91. The highest BCUT2D eigenvalue weighted by Crippen LogP contribution is 1.83. The quantitative estimate of drug-likeness (QED) is 0.283. The highest BCUT2D eigenvalue weighted by molar-refractivity contribution is 5.57. The smallest absolute Gasteiger partial charge is 0.449 e. The van der Waals surface area contributed by atoms with Crippen LogP contribution in [0.4, 0.5) is 4.79 Å². The van der Waals surface area contributed by atoms with Crippen molar-refractivity contribution in [1.29, 1.82) is 0 Å². The van der Waals surface area contributed by atoms with Crippen molar-refractivity contribution in [2.45, 2.75) is 6.48 Å². The molecule has 0 aliphatic heterocycles. The molecule has 10 heavy (non-hydrogen) atoms. The Labute approximate surface area is 55.9 Å². The molecule has 0 amide bonds. The minimum atomic E-state index is -1.96. The molecule has 0 aromatic carbocycles. The van der Waals surface area contributed by atoms with Crippen molar-refractivity contribution >= 4 is 6.16 Å². The Balaban J connectivity index is 3.29. The Kier molecular flexibility index (Phi) is 4.01. The van der Waals surface area contributed by atoms with Crippen molar-refractivity contribution < 1.29 is 29.6 Å². The van der Waals surface area contributed by atoms with Gasteiger partial charge in [0.15, 0.2) is 0 Å². The first-order valence-electron chi connectivity index (χ1n) is 2.19. The molecular formula is C4H6O6. The lowest BCUT2D eigenvalue weighted by Crippen LogP contribution is -2.05. The summed E-state index contributed by atoms with van der Waals surface area (Å²) in [5.74, 6) is 0. The zero-order valence-electron chi connectivity index (χ0n) is 4.80. The number of carboxylic acid groups (broad SMARTS) is 1. The molecule has 0 aromatic rings. The molecule has 0 radical (unpaired) electrons. The van der Waals surface area contributed by atoms with E-state index in [9.17, 15) is 4.79 Å². The monoisotopic (exact) mass is 150 g/mol. The van der Waals surface area contributed by atoms with E-state index < -0.39 is 12.6 Å². The number of carbonyl (C=O) groups is 1. The normalized spacial score (nSPS) is 10.3. The first kappa shape index (κ1) is 8.73. The highest BCUT2D eigenvalue weighted by atomic mass is 16.7. The largest absolute Gasteiger partial charge is 0.510 e. The third-order valence-corrected chi connectivity index (χ3v) is 0.425. The van der Waals surface area contributed by atoms with E-state index in [1.54, 1.807) is 0 Å². The van der Waals surface area contributed by atoms with E-state index in [1.807, 2.05) is 0 Å². The maximum absolute atomic E-state index is 9.59. The summed E-state index contributed by atoms with van der Waals surface area (Å²) in [5, 5.41) is 23.8. The lowest BCUT2D eigenvalue weighted by atomic mass is 11.0. The molecule has 0 saturated heterocycles. The summed E-state index contributed by atoms with van der Waals surface area (Å²) < 4.78 is 7.72. The molecule has 0 atom stereocenters. The predicted molar refractivity (Wildman–Crippen MR) is 27.6 cm³/mol. The van der Waals surface area contributed by atoms with Gasteiger partial charge in [0.05, 0.1) is 0 Å². The third kappa shape index (κ3) is 6.73. The van der Waals surface area contributed by atoms with E-state index in [1.165, 1.54) is 0 Å². The van der Waals surface area contributed by atoms with Gasteiger partial charge < -0.3 is 24.8 Å². The molecule has 0 aromatic heterocycles. The minimum absolute atomic E-state index is 0.655. The lowest BCUT2D eigenvalue weighted by Gasteiger charge is -1.98. The molecule has 6 heteroatoms. The molecule has 0 fully saturated rings. The fourth-order valence-electron chi connectivity index (χ4n) is 0.188. The fraction of sp³-hybridized carbons (Fsp3) is 0.250. The Morgan fingerprint density at radius 2 is 2.00 bits per heavy atom. The van der Waals surface area contributed by atoms with Crippen molar-refractivity contribution in [3.05, 3.63) is 12.5 Å². The molecule has 6 nitrogen and oxygen atoms in total. The molecule has 0 aliphatic carbocycles. The summed E-state index contributed by atoms with van der Waals surface area (Å²) in [4.78, 5) is 9.59. The summed E-state index contributed by atoms with van der Waals surface area (Å²) in [6.45, 7) is -1.96. The topological polar surface area (TPSA) is 96.2 Å². The SMILES string of the molecule is O=C(O)O/C=C/OC(O)O. The summed E-state index contributed by atoms with van der Waals surface area (Å²) in [6, 6.07) is 0. The molecule has 58 valence electrons. The molecular weight excluding hydrogens is 144 g/mol. The van der Waals surface area contributed by atoms with Crippen LogP contribution in [0.5, 0.6) is 0 Å². The van der Waals surface area contributed by atoms with Crippen LogP contribution in [0.3, 0.4) is 0 Å². The molecule has 0 aliphatic rings. The van der Waals surface area contributed by atoms with Crippen LogP contribution >= 0.6 is 0 Å². The molecule has 0 spiro atoms. The van der Waals surface area contributed by atoms with Gasteiger partial charge in [0, 0.05) is 0 Å². The fourth-order valence-corrected chi connectivity index (χ4v) is 0.188. The van der Waals surface area contributed by atoms with Crippen molar-refractivity contribution in [1.82, 2.24) is 0 Å². The van der Waals surface area contributed by atoms with E-state index in [0.717, 1.165) is 0 Å². The van der Waals surface area contributed by atoms with Gasteiger partial charge in [-0.3, -0.25) is 0 Å². The molecule has 0 saturated carbocycles. The van der Waals surface area contributed by atoms with Gasteiger partial charge in [-0.15, -0.1) is 0 Å². The maximum atomic E-state index is 9.59. The van der Waals surface area contributed by atoms with E-state index in [0.29, 0.717) is 12.5 Å². The number of aliphatic hydroxyl groups excluding tert-OH is 1. The van der Waals surface area contributed by atoms with Crippen molar-refractivity contribution in [2.75, 3.05) is 0 Å². The molecule has 0 unspecified atom stereocenters. The van der Waals surface area contributed by atoms with Gasteiger partial charge in [0.1, 0.15) is 12.5 Å². The summed E-state index contributed by atoms with van der Waals surface area (Å²) in [5.41, 5.74) is 0. The molecule has 0 heterocycles. The van der Waals surface area contributed by atoms with E-state index in [2.05, 4.69) is 9.47 Å². The van der Waals surface area contributed by atoms with Crippen LogP contribution in [-0.2, 0) is 9.47 Å². The second kappa shape index (κ2) is 4.59. The Bertz CT molecular complexity index is 128. The Morgan fingerprint density at radius 3 is 2.40 bits per heavy atom. The van der Waals surface area contributed by atoms with Gasteiger partial charge in [-0.25, -0.2) is 4.79 Å².